The molecule has 0 unspecified atom stereocenters. The number of carbonyl (C=O) groups excluding carboxylic acids is 1. The smallest absolute Gasteiger partial charge is 0.186 e. The molecule has 0 aliphatic carbocycles. The van der Waals surface area contributed by atoms with E-state index < -0.39 is 0 Å². The molecular formula is C14H13ClN2OS. The zero-order valence-electron chi connectivity index (χ0n) is 10.4. The maximum atomic E-state index is 10.8. The fourth-order valence-electron chi connectivity index (χ4n) is 1.53. The van der Waals surface area contributed by atoms with Crippen LogP contribution in [0.3, 0.4) is 0 Å². The predicted octanol–water partition coefficient (Wildman–Crippen LogP) is 3.82. The molecule has 0 fully saturated rings. The fraction of sp³-hybridized carbons (Fsp3) is 0.143. The standard InChI is InChI=1S/C14H13ClN2OS/c1-11(18)19-7-3-4-12-9-16-17(10-12)14-6-2-5-13(15)8-14/h2-6,8-10H,7H2,1H3. The summed E-state index contributed by atoms with van der Waals surface area (Å²) >= 11 is 7.23. The number of halogens is 1. The van der Waals surface area contributed by atoms with Crippen molar-refractivity contribution >= 4 is 34.6 Å². The van der Waals surface area contributed by atoms with E-state index in [9.17, 15) is 4.79 Å². The van der Waals surface area contributed by atoms with Gasteiger partial charge in [0.05, 0.1) is 11.9 Å². The highest BCUT2D eigenvalue weighted by molar-refractivity contribution is 8.13. The summed E-state index contributed by atoms with van der Waals surface area (Å²) in [5, 5.41) is 5.08. The van der Waals surface area contributed by atoms with Crippen LogP contribution in [-0.4, -0.2) is 20.6 Å². The van der Waals surface area contributed by atoms with Gasteiger partial charge in [-0.2, -0.15) is 5.10 Å². The van der Waals surface area contributed by atoms with Gasteiger partial charge in [-0.3, -0.25) is 4.79 Å². The normalized spacial score (nSPS) is 11.1. The van der Waals surface area contributed by atoms with E-state index in [1.54, 1.807) is 17.8 Å². The lowest BCUT2D eigenvalue weighted by molar-refractivity contribution is -0.109. The van der Waals surface area contributed by atoms with E-state index in [0.717, 1.165) is 11.3 Å². The summed E-state index contributed by atoms with van der Waals surface area (Å²) in [7, 11) is 0. The number of rotatable bonds is 4. The molecular weight excluding hydrogens is 280 g/mol. The second-order valence-corrected chi connectivity index (χ2v) is 5.54. The number of hydrogen-bond donors (Lipinski definition) is 0. The quantitative estimate of drug-likeness (QED) is 0.859. The lowest BCUT2D eigenvalue weighted by Crippen LogP contribution is -1.92. The molecule has 98 valence electrons. The van der Waals surface area contributed by atoms with Crippen molar-refractivity contribution in [3.8, 4) is 5.69 Å². The molecule has 19 heavy (non-hydrogen) atoms. The van der Waals surface area contributed by atoms with Crippen molar-refractivity contribution in [1.29, 1.82) is 0 Å². The highest BCUT2D eigenvalue weighted by atomic mass is 35.5. The number of hydrogen-bond acceptors (Lipinski definition) is 3. The third-order valence-electron chi connectivity index (χ3n) is 2.37. The molecule has 5 heteroatoms. The van der Waals surface area contributed by atoms with Gasteiger partial charge in [0, 0.05) is 29.5 Å². The van der Waals surface area contributed by atoms with Gasteiger partial charge in [0.1, 0.15) is 0 Å². The van der Waals surface area contributed by atoms with E-state index in [2.05, 4.69) is 5.10 Å². The molecule has 0 aliphatic heterocycles. The topological polar surface area (TPSA) is 34.9 Å². The first-order valence-corrected chi connectivity index (χ1v) is 7.12. The van der Waals surface area contributed by atoms with Crippen molar-refractivity contribution in [1.82, 2.24) is 9.78 Å². The molecule has 0 atom stereocenters. The van der Waals surface area contributed by atoms with Gasteiger partial charge in [-0.1, -0.05) is 41.6 Å². The second-order valence-electron chi connectivity index (χ2n) is 3.90. The Morgan fingerprint density at radius 1 is 1.53 bits per heavy atom. The Labute approximate surface area is 121 Å². The van der Waals surface area contributed by atoms with Crippen molar-refractivity contribution in [3.05, 3.63) is 53.3 Å². The van der Waals surface area contributed by atoms with E-state index in [1.807, 2.05) is 42.6 Å². The number of aromatic nitrogens is 2. The van der Waals surface area contributed by atoms with Crippen LogP contribution in [0.4, 0.5) is 0 Å². The van der Waals surface area contributed by atoms with Crippen LogP contribution in [0.25, 0.3) is 11.8 Å². The molecule has 3 nitrogen and oxygen atoms in total. The Morgan fingerprint density at radius 2 is 2.37 bits per heavy atom. The van der Waals surface area contributed by atoms with Crippen LogP contribution in [-0.2, 0) is 4.79 Å². The van der Waals surface area contributed by atoms with Crippen molar-refractivity contribution in [2.45, 2.75) is 6.92 Å². The van der Waals surface area contributed by atoms with Crippen LogP contribution in [0.2, 0.25) is 5.02 Å². The number of benzene rings is 1. The Kier molecular flexibility index (Phi) is 4.82. The zero-order valence-corrected chi connectivity index (χ0v) is 12.0. The Morgan fingerprint density at radius 3 is 3.11 bits per heavy atom. The van der Waals surface area contributed by atoms with Crippen molar-refractivity contribution in [3.63, 3.8) is 0 Å². The van der Waals surface area contributed by atoms with E-state index >= 15 is 0 Å². The van der Waals surface area contributed by atoms with Crippen molar-refractivity contribution in [2.75, 3.05) is 5.75 Å². The van der Waals surface area contributed by atoms with Gasteiger partial charge in [-0.15, -0.1) is 0 Å². The van der Waals surface area contributed by atoms with Gasteiger partial charge in [0.25, 0.3) is 0 Å². The Hall–Kier alpha value is -1.52. The first kappa shape index (κ1) is 13.9. The molecule has 0 radical (unpaired) electrons. The molecule has 0 N–H and O–H groups in total. The summed E-state index contributed by atoms with van der Waals surface area (Å²) in [6.45, 7) is 1.57. The number of thioether (sulfide) groups is 1. The maximum absolute atomic E-state index is 10.8. The summed E-state index contributed by atoms with van der Waals surface area (Å²) in [6, 6.07) is 7.51. The second kappa shape index (κ2) is 6.59. The van der Waals surface area contributed by atoms with Crippen LogP contribution in [0, 0.1) is 0 Å². The lowest BCUT2D eigenvalue weighted by atomic mass is 10.3. The zero-order chi connectivity index (χ0) is 13.7. The van der Waals surface area contributed by atoms with Crippen LogP contribution in [0.5, 0.6) is 0 Å². The van der Waals surface area contributed by atoms with Gasteiger partial charge in [-0.25, -0.2) is 4.68 Å². The minimum Gasteiger partial charge on any atom is -0.288 e. The SMILES string of the molecule is CC(=O)SCC=Cc1cnn(-c2cccc(Cl)c2)c1. The van der Waals surface area contributed by atoms with Crippen LogP contribution in [0.15, 0.2) is 42.7 Å². The summed E-state index contributed by atoms with van der Waals surface area (Å²) in [6.07, 6.45) is 7.59. The average Bonchev–Trinajstić information content (AvgIpc) is 2.83. The first-order valence-electron chi connectivity index (χ1n) is 5.75. The predicted molar refractivity (Wildman–Crippen MR) is 80.7 cm³/mol. The fourth-order valence-corrected chi connectivity index (χ4v) is 2.14. The van der Waals surface area contributed by atoms with Crippen LogP contribution in [0.1, 0.15) is 12.5 Å². The highest BCUT2D eigenvalue weighted by Gasteiger charge is 1.99. The minimum absolute atomic E-state index is 0.124. The van der Waals surface area contributed by atoms with E-state index in [4.69, 9.17) is 11.6 Å². The molecule has 2 rings (SSSR count). The number of carbonyl (C=O) groups is 1. The summed E-state index contributed by atoms with van der Waals surface area (Å²) in [5.41, 5.74) is 1.91. The Balaban J connectivity index is 2.05. The van der Waals surface area contributed by atoms with Gasteiger partial charge >= 0.3 is 0 Å². The van der Waals surface area contributed by atoms with Crippen molar-refractivity contribution in [2.24, 2.45) is 0 Å². The molecule has 0 saturated carbocycles. The maximum Gasteiger partial charge on any atom is 0.186 e. The molecule has 0 bridgehead atoms. The lowest BCUT2D eigenvalue weighted by Gasteiger charge is -2.00. The van der Waals surface area contributed by atoms with Gasteiger partial charge in [0.2, 0.25) is 0 Å². The molecule has 1 aromatic carbocycles. The molecule has 1 aromatic heterocycles. The van der Waals surface area contributed by atoms with Gasteiger partial charge in [-0.05, 0) is 18.2 Å². The Bertz CT molecular complexity index is 607. The van der Waals surface area contributed by atoms with E-state index in [-0.39, 0.29) is 5.12 Å². The van der Waals surface area contributed by atoms with Crippen molar-refractivity contribution < 1.29 is 4.79 Å². The van der Waals surface area contributed by atoms with Gasteiger partial charge < -0.3 is 0 Å². The summed E-state index contributed by atoms with van der Waals surface area (Å²) < 4.78 is 1.77. The largest absolute Gasteiger partial charge is 0.288 e. The average molecular weight is 293 g/mol. The molecule has 1 heterocycles. The van der Waals surface area contributed by atoms with E-state index in [0.29, 0.717) is 10.8 Å². The van der Waals surface area contributed by atoms with E-state index in [1.165, 1.54) is 11.8 Å². The third kappa shape index (κ3) is 4.26. The third-order valence-corrected chi connectivity index (χ3v) is 3.37. The first-order chi connectivity index (χ1) is 9.15. The number of nitrogens with zero attached hydrogens (tertiary/aromatic N) is 2. The highest BCUT2D eigenvalue weighted by Crippen LogP contribution is 2.15. The van der Waals surface area contributed by atoms with Gasteiger partial charge in [0.15, 0.2) is 5.12 Å². The monoisotopic (exact) mass is 292 g/mol. The molecule has 0 saturated heterocycles. The minimum atomic E-state index is 0.124. The summed E-state index contributed by atoms with van der Waals surface area (Å²) in [4.78, 5) is 10.8. The molecule has 0 spiro atoms. The molecule has 2 aromatic rings. The van der Waals surface area contributed by atoms with Crippen LogP contribution < -0.4 is 0 Å². The van der Waals surface area contributed by atoms with Crippen LogP contribution >= 0.6 is 23.4 Å². The molecule has 0 amide bonds. The molecule has 0 aliphatic rings. The summed E-state index contributed by atoms with van der Waals surface area (Å²) in [5.74, 6) is 0.678.